The molecule has 0 aromatic rings. The van der Waals surface area contributed by atoms with Crippen molar-refractivity contribution in [3.8, 4) is 0 Å². The third-order valence-corrected chi connectivity index (χ3v) is 1.65. The third-order valence-electron chi connectivity index (χ3n) is 1.65. The fraction of sp³-hybridized carbons (Fsp3) is 0.778. The van der Waals surface area contributed by atoms with Crippen molar-refractivity contribution in [2.24, 2.45) is 0 Å². The van der Waals surface area contributed by atoms with E-state index in [0.717, 1.165) is 0 Å². The first kappa shape index (κ1) is 13.9. The maximum Gasteiger partial charge on any atom is 0.246 e. The van der Waals surface area contributed by atoms with Crippen LogP contribution in [0.3, 0.4) is 0 Å². The average molecular weight is 218 g/mol. The summed E-state index contributed by atoms with van der Waals surface area (Å²) < 4.78 is 9.39. The van der Waals surface area contributed by atoms with Crippen molar-refractivity contribution < 1.29 is 19.1 Å². The van der Waals surface area contributed by atoms with Crippen LogP contribution in [0.15, 0.2) is 0 Å². The molecule has 15 heavy (non-hydrogen) atoms. The molecule has 6 heteroatoms. The summed E-state index contributed by atoms with van der Waals surface area (Å²) in [5.74, 6) is -0.552. The van der Waals surface area contributed by atoms with Crippen molar-refractivity contribution in [1.29, 1.82) is 0 Å². The Bertz CT molecular complexity index is 208. The van der Waals surface area contributed by atoms with Gasteiger partial charge in [0.05, 0.1) is 6.61 Å². The lowest BCUT2D eigenvalue weighted by Crippen LogP contribution is -2.46. The van der Waals surface area contributed by atoms with Crippen LogP contribution in [0.2, 0.25) is 0 Å². The minimum absolute atomic E-state index is 0.0459. The minimum Gasteiger partial charge on any atom is -0.383 e. The van der Waals surface area contributed by atoms with E-state index in [-0.39, 0.29) is 18.4 Å². The highest BCUT2D eigenvalue weighted by Crippen LogP contribution is 1.82. The molecule has 0 aliphatic rings. The Kier molecular flexibility index (Phi) is 7.57. The highest BCUT2D eigenvalue weighted by molar-refractivity contribution is 5.87. The topological polar surface area (TPSA) is 76.7 Å². The summed E-state index contributed by atoms with van der Waals surface area (Å²) in [6.45, 7) is 2.44. The fourth-order valence-corrected chi connectivity index (χ4v) is 0.909. The van der Waals surface area contributed by atoms with Gasteiger partial charge in [0.25, 0.3) is 0 Å². The number of rotatable bonds is 7. The fourth-order valence-electron chi connectivity index (χ4n) is 0.909. The number of carbonyl (C=O) groups excluding carboxylic acids is 2. The molecule has 0 fully saturated rings. The van der Waals surface area contributed by atoms with Crippen LogP contribution in [0.4, 0.5) is 0 Å². The van der Waals surface area contributed by atoms with Gasteiger partial charge in [-0.2, -0.15) is 0 Å². The number of hydrogen-bond donors (Lipinski definition) is 2. The van der Waals surface area contributed by atoms with Crippen LogP contribution in [-0.2, 0) is 19.1 Å². The van der Waals surface area contributed by atoms with Crippen molar-refractivity contribution in [1.82, 2.24) is 10.6 Å². The molecule has 0 saturated heterocycles. The zero-order chi connectivity index (χ0) is 11.7. The smallest absolute Gasteiger partial charge is 0.246 e. The summed E-state index contributed by atoms with van der Waals surface area (Å²) in [5, 5.41) is 5.10. The van der Waals surface area contributed by atoms with E-state index in [9.17, 15) is 9.59 Å². The molecular formula is C9H18N2O4. The molecule has 88 valence electrons. The molecule has 0 spiro atoms. The van der Waals surface area contributed by atoms with Gasteiger partial charge in [0, 0.05) is 20.8 Å². The number of amides is 2. The Morgan fingerprint density at radius 2 is 1.93 bits per heavy atom. The van der Waals surface area contributed by atoms with E-state index in [1.54, 1.807) is 14.0 Å². The van der Waals surface area contributed by atoms with Crippen LogP contribution < -0.4 is 10.6 Å². The minimum atomic E-state index is -0.565. The Morgan fingerprint density at radius 1 is 1.27 bits per heavy atom. The van der Waals surface area contributed by atoms with Gasteiger partial charge in [0.15, 0.2) is 0 Å². The molecule has 0 aromatic carbocycles. The second kappa shape index (κ2) is 8.19. The molecule has 0 bridgehead atoms. The van der Waals surface area contributed by atoms with Gasteiger partial charge in [-0.25, -0.2) is 0 Å². The van der Waals surface area contributed by atoms with E-state index in [2.05, 4.69) is 15.4 Å². The van der Waals surface area contributed by atoms with Gasteiger partial charge in [0.1, 0.15) is 12.6 Å². The van der Waals surface area contributed by atoms with Crippen molar-refractivity contribution in [2.75, 3.05) is 34.0 Å². The number of methoxy groups -OCH3 is 2. The van der Waals surface area contributed by atoms with Crippen LogP contribution in [0, 0.1) is 0 Å². The van der Waals surface area contributed by atoms with E-state index in [0.29, 0.717) is 13.2 Å². The van der Waals surface area contributed by atoms with Gasteiger partial charge in [-0.3, -0.25) is 9.59 Å². The summed E-state index contributed by atoms with van der Waals surface area (Å²) in [5.41, 5.74) is 0. The van der Waals surface area contributed by atoms with Gasteiger partial charge in [0.2, 0.25) is 11.8 Å². The molecule has 0 aliphatic heterocycles. The normalized spacial score (nSPS) is 11.9. The molecule has 1 unspecified atom stereocenters. The van der Waals surface area contributed by atoms with Crippen LogP contribution >= 0.6 is 0 Å². The molecule has 6 nitrogen and oxygen atoms in total. The second-order valence-electron chi connectivity index (χ2n) is 3.01. The number of nitrogens with one attached hydrogen (secondary N) is 2. The Hall–Kier alpha value is -1.14. The lowest BCUT2D eigenvalue weighted by Gasteiger charge is -2.13. The number of ether oxygens (including phenoxy) is 2. The van der Waals surface area contributed by atoms with Crippen LogP contribution in [-0.4, -0.2) is 51.8 Å². The zero-order valence-corrected chi connectivity index (χ0v) is 9.33. The summed E-state index contributed by atoms with van der Waals surface area (Å²) in [7, 11) is 2.97. The molecule has 0 aromatic heterocycles. The Labute approximate surface area is 89.3 Å². The lowest BCUT2D eigenvalue weighted by molar-refractivity contribution is -0.130. The first-order chi connectivity index (χ1) is 7.11. The summed E-state index contributed by atoms with van der Waals surface area (Å²) in [6, 6.07) is -0.565. The molecule has 0 aliphatic carbocycles. The summed E-state index contributed by atoms with van der Waals surface area (Å²) in [4.78, 5) is 22.4. The van der Waals surface area contributed by atoms with E-state index >= 15 is 0 Å². The van der Waals surface area contributed by atoms with Crippen molar-refractivity contribution >= 4 is 11.8 Å². The SMILES string of the molecule is COCCNC(=O)C(C)NC(=O)COC. The summed E-state index contributed by atoms with van der Waals surface area (Å²) >= 11 is 0. The monoisotopic (exact) mass is 218 g/mol. The highest BCUT2D eigenvalue weighted by Gasteiger charge is 2.14. The predicted octanol–water partition coefficient (Wildman–Crippen LogP) is -1.10. The van der Waals surface area contributed by atoms with Crippen LogP contribution in [0.5, 0.6) is 0 Å². The third kappa shape index (κ3) is 6.87. The van der Waals surface area contributed by atoms with Crippen LogP contribution in [0.25, 0.3) is 0 Å². The molecule has 2 N–H and O–H groups in total. The van der Waals surface area contributed by atoms with Crippen molar-refractivity contribution in [3.05, 3.63) is 0 Å². The van der Waals surface area contributed by atoms with E-state index in [4.69, 9.17) is 4.74 Å². The molecule has 0 radical (unpaired) electrons. The van der Waals surface area contributed by atoms with Crippen LogP contribution in [0.1, 0.15) is 6.92 Å². The van der Waals surface area contributed by atoms with E-state index in [1.165, 1.54) is 7.11 Å². The number of hydrogen-bond acceptors (Lipinski definition) is 4. The van der Waals surface area contributed by atoms with Gasteiger partial charge in [-0.05, 0) is 6.92 Å². The lowest BCUT2D eigenvalue weighted by atomic mass is 10.3. The molecule has 1 atom stereocenters. The molecule has 2 amide bonds. The molecule has 0 heterocycles. The Balaban J connectivity index is 3.73. The van der Waals surface area contributed by atoms with Crippen molar-refractivity contribution in [3.63, 3.8) is 0 Å². The van der Waals surface area contributed by atoms with Gasteiger partial charge < -0.3 is 20.1 Å². The highest BCUT2D eigenvalue weighted by atomic mass is 16.5. The maximum absolute atomic E-state index is 11.3. The first-order valence-corrected chi connectivity index (χ1v) is 4.66. The molecular weight excluding hydrogens is 200 g/mol. The predicted molar refractivity (Wildman–Crippen MR) is 54.4 cm³/mol. The van der Waals surface area contributed by atoms with Crippen molar-refractivity contribution in [2.45, 2.75) is 13.0 Å². The van der Waals surface area contributed by atoms with E-state index < -0.39 is 6.04 Å². The first-order valence-electron chi connectivity index (χ1n) is 4.66. The Morgan fingerprint density at radius 3 is 2.47 bits per heavy atom. The molecule has 0 rings (SSSR count). The zero-order valence-electron chi connectivity index (χ0n) is 9.33. The quantitative estimate of drug-likeness (QED) is 0.532. The second-order valence-corrected chi connectivity index (χ2v) is 3.01. The van der Waals surface area contributed by atoms with Gasteiger partial charge >= 0.3 is 0 Å². The largest absolute Gasteiger partial charge is 0.383 e. The number of carbonyl (C=O) groups is 2. The standard InChI is InChI=1S/C9H18N2O4/c1-7(11-8(12)6-15-3)9(13)10-4-5-14-2/h7H,4-6H2,1-3H3,(H,10,13)(H,11,12). The summed E-state index contributed by atoms with van der Waals surface area (Å²) in [6.07, 6.45) is 0. The maximum atomic E-state index is 11.3. The molecule has 0 saturated carbocycles. The van der Waals surface area contributed by atoms with E-state index in [1.807, 2.05) is 0 Å². The average Bonchev–Trinajstić information content (AvgIpc) is 2.18. The van der Waals surface area contributed by atoms with Gasteiger partial charge in [-0.15, -0.1) is 0 Å². The van der Waals surface area contributed by atoms with Gasteiger partial charge in [-0.1, -0.05) is 0 Å².